The summed E-state index contributed by atoms with van der Waals surface area (Å²) in [5.41, 5.74) is 2.26. The van der Waals surface area contributed by atoms with Crippen LogP contribution in [0.15, 0.2) is 33.9 Å². The second kappa shape index (κ2) is 9.82. The van der Waals surface area contributed by atoms with E-state index in [0.717, 1.165) is 49.5 Å². The van der Waals surface area contributed by atoms with Gasteiger partial charge in [-0.2, -0.15) is 4.98 Å². The molecule has 3 heterocycles. The third-order valence-electron chi connectivity index (χ3n) is 5.17. The third-order valence-corrected chi connectivity index (χ3v) is 6.12. The zero-order valence-corrected chi connectivity index (χ0v) is 19.4. The van der Waals surface area contributed by atoms with Crippen molar-refractivity contribution in [1.82, 2.24) is 24.9 Å². The molecule has 0 atom stereocenters. The zero-order chi connectivity index (χ0) is 21.8. The van der Waals surface area contributed by atoms with Crippen molar-refractivity contribution in [1.29, 1.82) is 0 Å². The summed E-state index contributed by atoms with van der Waals surface area (Å²) in [6.07, 6.45) is 0. The number of hydrogen-bond donors (Lipinski definition) is 0. The molecule has 166 valence electrons. The molecule has 4 rings (SSSR count). The van der Waals surface area contributed by atoms with Gasteiger partial charge in [-0.3, -0.25) is 4.57 Å². The fraction of sp³-hybridized carbons (Fsp3) is 0.545. The second-order valence-corrected chi connectivity index (χ2v) is 9.41. The van der Waals surface area contributed by atoms with Gasteiger partial charge in [0.25, 0.3) is 0 Å². The number of benzene rings is 1. The van der Waals surface area contributed by atoms with Crippen LogP contribution in [-0.4, -0.2) is 51.2 Å². The Morgan fingerprint density at radius 2 is 1.77 bits per heavy atom. The van der Waals surface area contributed by atoms with Crippen molar-refractivity contribution >= 4 is 17.7 Å². The first kappa shape index (κ1) is 21.8. The summed E-state index contributed by atoms with van der Waals surface area (Å²) in [7, 11) is 0. The smallest absolute Gasteiger partial charge is 0.237 e. The van der Waals surface area contributed by atoms with E-state index in [4.69, 9.17) is 9.26 Å². The summed E-state index contributed by atoms with van der Waals surface area (Å²) in [5.74, 6) is 3.64. The molecule has 0 aliphatic carbocycles. The Balaban J connectivity index is 1.46. The van der Waals surface area contributed by atoms with Gasteiger partial charge < -0.3 is 14.2 Å². The maximum Gasteiger partial charge on any atom is 0.237 e. The van der Waals surface area contributed by atoms with E-state index in [9.17, 15) is 0 Å². The first-order valence-electron chi connectivity index (χ1n) is 10.8. The summed E-state index contributed by atoms with van der Waals surface area (Å²) < 4.78 is 13.2. The molecule has 0 amide bonds. The fourth-order valence-corrected chi connectivity index (χ4v) is 4.26. The Morgan fingerprint density at radius 3 is 2.45 bits per heavy atom. The minimum atomic E-state index is 0.485. The molecule has 0 N–H and O–H groups in total. The van der Waals surface area contributed by atoms with Crippen LogP contribution in [-0.2, 0) is 17.0 Å². The number of anilines is 1. The van der Waals surface area contributed by atoms with Crippen molar-refractivity contribution in [3.8, 4) is 11.4 Å². The number of ether oxygens (including phenoxy) is 1. The van der Waals surface area contributed by atoms with Crippen LogP contribution in [0.25, 0.3) is 11.4 Å². The number of rotatable bonds is 8. The van der Waals surface area contributed by atoms with Crippen LogP contribution in [0.3, 0.4) is 0 Å². The topological polar surface area (TPSA) is 82.1 Å². The van der Waals surface area contributed by atoms with Gasteiger partial charge in [0.1, 0.15) is 0 Å². The SMILES string of the molecule is CC(C)Cn1c(SCc2nc(-c3ccc(C(C)C)cc3)no2)nnc1N1CCOCC1. The number of thioether (sulfide) groups is 1. The number of hydrogen-bond acceptors (Lipinski definition) is 8. The van der Waals surface area contributed by atoms with Crippen molar-refractivity contribution in [2.24, 2.45) is 5.92 Å². The van der Waals surface area contributed by atoms with E-state index in [0.29, 0.717) is 29.3 Å². The van der Waals surface area contributed by atoms with Crippen LogP contribution < -0.4 is 4.90 Å². The van der Waals surface area contributed by atoms with Crippen LogP contribution in [0.4, 0.5) is 5.95 Å². The maximum absolute atomic E-state index is 5.50. The van der Waals surface area contributed by atoms with Gasteiger partial charge in [-0.05, 0) is 17.4 Å². The molecule has 1 aromatic carbocycles. The predicted octanol–water partition coefficient (Wildman–Crippen LogP) is 4.24. The standard InChI is InChI=1S/C22H30N6O2S/c1-15(2)13-28-21(27-9-11-29-12-10-27)24-25-22(28)31-14-19-23-20(26-30-19)18-7-5-17(6-8-18)16(3)4/h5-8,15-16H,9-14H2,1-4H3. The van der Waals surface area contributed by atoms with Gasteiger partial charge in [-0.25, -0.2) is 0 Å². The van der Waals surface area contributed by atoms with Gasteiger partial charge in [-0.1, -0.05) is 68.9 Å². The lowest BCUT2D eigenvalue weighted by molar-refractivity contribution is 0.121. The fourth-order valence-electron chi connectivity index (χ4n) is 3.48. The van der Waals surface area contributed by atoms with Crippen LogP contribution in [0.5, 0.6) is 0 Å². The highest BCUT2D eigenvalue weighted by Crippen LogP contribution is 2.27. The van der Waals surface area contributed by atoms with E-state index >= 15 is 0 Å². The highest BCUT2D eigenvalue weighted by molar-refractivity contribution is 7.98. The molecule has 31 heavy (non-hydrogen) atoms. The van der Waals surface area contributed by atoms with Crippen molar-refractivity contribution in [2.45, 2.75) is 51.1 Å². The molecule has 0 saturated carbocycles. The Labute approximate surface area is 187 Å². The molecule has 1 saturated heterocycles. The van der Waals surface area contributed by atoms with E-state index < -0.39 is 0 Å². The summed E-state index contributed by atoms with van der Waals surface area (Å²) in [5, 5.41) is 14.0. The molecule has 1 aliphatic heterocycles. The Kier molecular flexibility index (Phi) is 6.92. The molecular weight excluding hydrogens is 412 g/mol. The first-order chi connectivity index (χ1) is 15.0. The van der Waals surface area contributed by atoms with Crippen molar-refractivity contribution in [3.05, 3.63) is 35.7 Å². The molecule has 1 aliphatic rings. The number of morpholine rings is 1. The van der Waals surface area contributed by atoms with Gasteiger partial charge in [0.15, 0.2) is 5.16 Å². The van der Waals surface area contributed by atoms with E-state index in [1.54, 1.807) is 11.8 Å². The Hall–Kier alpha value is -2.39. The minimum Gasteiger partial charge on any atom is -0.378 e. The summed E-state index contributed by atoms with van der Waals surface area (Å²) in [6, 6.07) is 8.33. The van der Waals surface area contributed by atoms with E-state index in [2.05, 4.69) is 69.6 Å². The van der Waals surface area contributed by atoms with Crippen LogP contribution in [0, 0.1) is 5.92 Å². The number of nitrogens with zero attached hydrogens (tertiary/aromatic N) is 6. The van der Waals surface area contributed by atoms with Crippen molar-refractivity contribution in [3.63, 3.8) is 0 Å². The van der Waals surface area contributed by atoms with E-state index in [-0.39, 0.29) is 0 Å². The lowest BCUT2D eigenvalue weighted by atomic mass is 10.0. The summed E-state index contributed by atoms with van der Waals surface area (Å²) in [6.45, 7) is 12.7. The monoisotopic (exact) mass is 442 g/mol. The highest BCUT2D eigenvalue weighted by Gasteiger charge is 2.22. The Morgan fingerprint density at radius 1 is 1.03 bits per heavy atom. The third kappa shape index (κ3) is 5.27. The van der Waals surface area contributed by atoms with Gasteiger partial charge in [-0.15, -0.1) is 10.2 Å². The molecule has 0 unspecified atom stereocenters. The first-order valence-corrected chi connectivity index (χ1v) is 11.8. The second-order valence-electron chi connectivity index (χ2n) is 8.46. The molecule has 0 spiro atoms. The maximum atomic E-state index is 5.50. The molecule has 8 nitrogen and oxygen atoms in total. The summed E-state index contributed by atoms with van der Waals surface area (Å²) >= 11 is 1.58. The zero-order valence-electron chi connectivity index (χ0n) is 18.6. The minimum absolute atomic E-state index is 0.485. The van der Waals surface area contributed by atoms with Crippen LogP contribution >= 0.6 is 11.8 Å². The molecule has 1 fully saturated rings. The average molecular weight is 443 g/mol. The highest BCUT2D eigenvalue weighted by atomic mass is 32.2. The molecule has 0 bridgehead atoms. The largest absolute Gasteiger partial charge is 0.378 e. The molecule has 3 aromatic rings. The van der Waals surface area contributed by atoms with E-state index in [1.807, 2.05) is 12.1 Å². The van der Waals surface area contributed by atoms with Gasteiger partial charge in [0.05, 0.1) is 19.0 Å². The Bertz CT molecular complexity index is 976. The average Bonchev–Trinajstić information content (AvgIpc) is 3.40. The van der Waals surface area contributed by atoms with Crippen molar-refractivity contribution in [2.75, 3.05) is 31.2 Å². The van der Waals surface area contributed by atoms with Gasteiger partial charge >= 0.3 is 0 Å². The normalized spacial score (nSPS) is 14.7. The molecule has 9 heteroatoms. The van der Waals surface area contributed by atoms with Crippen LogP contribution in [0.2, 0.25) is 0 Å². The molecule has 0 radical (unpaired) electrons. The van der Waals surface area contributed by atoms with Crippen LogP contribution in [0.1, 0.15) is 45.1 Å². The summed E-state index contributed by atoms with van der Waals surface area (Å²) in [4.78, 5) is 6.82. The van der Waals surface area contributed by atoms with E-state index in [1.165, 1.54) is 5.56 Å². The molecular formula is C22H30N6O2S. The molecule has 2 aromatic heterocycles. The quantitative estimate of drug-likeness (QED) is 0.479. The van der Waals surface area contributed by atoms with Crippen molar-refractivity contribution < 1.29 is 9.26 Å². The lowest BCUT2D eigenvalue weighted by Gasteiger charge is -2.28. The number of aromatic nitrogens is 5. The van der Waals surface area contributed by atoms with Gasteiger partial charge in [0, 0.05) is 25.2 Å². The predicted molar refractivity (Wildman–Crippen MR) is 121 cm³/mol. The lowest BCUT2D eigenvalue weighted by Crippen LogP contribution is -2.38. The van der Waals surface area contributed by atoms with Gasteiger partial charge in [0.2, 0.25) is 17.7 Å².